The average Bonchev–Trinajstić information content (AvgIpc) is 3.37. The summed E-state index contributed by atoms with van der Waals surface area (Å²) in [6.45, 7) is -8.35. The second-order valence-corrected chi connectivity index (χ2v) is 18.2. The van der Waals surface area contributed by atoms with Gasteiger partial charge >= 0.3 is 11.9 Å². The fourth-order valence-corrected chi connectivity index (χ4v) is 9.51. The molecule has 22 aliphatic heterocycles. The molecule has 428 valence electrons. The van der Waals surface area contributed by atoms with E-state index in [-0.39, 0.29) is 0 Å². The lowest BCUT2D eigenvalue weighted by Gasteiger charge is -2.51. The van der Waals surface area contributed by atoms with Gasteiger partial charge in [0.25, 0.3) is 0 Å². The number of hydrogen-bond donors (Lipinski definition) is 18. The van der Waals surface area contributed by atoms with Crippen molar-refractivity contribution >= 4 is 11.9 Å². The molecule has 22 heterocycles. The van der Waals surface area contributed by atoms with Gasteiger partial charge in [0.2, 0.25) is 0 Å². The third-order valence-electron chi connectivity index (χ3n) is 13.4. The van der Waals surface area contributed by atoms with Gasteiger partial charge in [-0.05, 0) is 0 Å². The van der Waals surface area contributed by atoms with Gasteiger partial charge in [0.05, 0.1) is 39.6 Å². The van der Waals surface area contributed by atoms with Crippen molar-refractivity contribution in [3.05, 3.63) is 0 Å². The van der Waals surface area contributed by atoms with Crippen LogP contribution in [-0.4, -0.2) is 341 Å². The third-order valence-corrected chi connectivity index (χ3v) is 13.4. The van der Waals surface area contributed by atoms with Gasteiger partial charge in [-0.2, -0.15) is 0 Å². The van der Waals surface area contributed by atoms with Gasteiger partial charge in [-0.1, -0.05) is 0 Å². The lowest BCUT2D eigenvalue weighted by atomic mass is 9.94. The fraction of sp³-hybridized carbons (Fsp3) is 0.950. The molecule has 0 radical (unpaired) electrons. The maximum absolute atomic E-state index is 11.9. The summed E-state index contributed by atoms with van der Waals surface area (Å²) in [5.41, 5.74) is 0. The summed E-state index contributed by atoms with van der Waals surface area (Å²) in [4.78, 5) is 23.2. The van der Waals surface area contributed by atoms with Crippen LogP contribution in [0.2, 0.25) is 0 Å². The van der Waals surface area contributed by atoms with Crippen molar-refractivity contribution in [2.75, 3.05) is 52.9 Å². The van der Waals surface area contributed by atoms with Crippen LogP contribution in [0.15, 0.2) is 0 Å². The van der Waals surface area contributed by atoms with Gasteiger partial charge in [0.1, 0.15) is 160 Å². The Kier molecular flexibility index (Phi) is 20.6. The Morgan fingerprint density at radius 2 is 0.554 bits per heavy atom. The minimum absolute atomic E-state index is 0.841. The monoisotopic (exact) mass is 1090 g/mol. The van der Waals surface area contributed by atoms with Crippen molar-refractivity contribution < 1.29 is 168 Å². The highest BCUT2D eigenvalue weighted by Crippen LogP contribution is 2.38. The lowest BCUT2D eigenvalue weighted by molar-refractivity contribution is -0.405. The molecule has 22 saturated heterocycles. The van der Waals surface area contributed by atoms with Crippen molar-refractivity contribution in [2.24, 2.45) is 0 Å². The van der Waals surface area contributed by atoms with Crippen molar-refractivity contribution in [3.8, 4) is 0 Å². The van der Waals surface area contributed by atoms with Crippen LogP contribution >= 0.6 is 0 Å². The van der Waals surface area contributed by atoms with Crippen LogP contribution in [0.25, 0.3) is 0 Å². The molecule has 74 heavy (non-hydrogen) atoms. The molecule has 18 N–H and O–H groups in total. The lowest BCUT2D eigenvalue weighted by Crippen LogP contribution is -2.69. The van der Waals surface area contributed by atoms with E-state index >= 15 is 0 Å². The first-order chi connectivity index (χ1) is 35.2. The molecule has 0 aromatic heterocycles. The molecule has 34 nitrogen and oxygen atoms in total. The largest absolute Gasteiger partial charge is 0.480 e. The SMILES string of the molecule is O=C(O)COC[C@H]1O[C@@H]2O[C@H]3[C@H](O)[C@@H](O)[C@@H](O[C@H]4[C@H](O)[C@@H](O)[C@@H](O[C@H]5[C@H](O)[C@@H](O)[C@@H](O[C@H]6[C@H](O)[C@@H](O)[C@@H](O[C@H]7[C@H](O)[C@@H](O)[C@@H](O[C@H]1[C@H](O)[C@H]2OCC(=O)O)O[C@@H]7CO)O[C@@H]6CO)O[C@@H]5CO)O[C@@H]4CO)O[C@@H]3CO. The molecule has 22 fully saturated rings. The van der Waals surface area contributed by atoms with Gasteiger partial charge in [0, 0.05) is 0 Å². The Morgan fingerprint density at radius 3 is 0.811 bits per heavy atom. The van der Waals surface area contributed by atoms with Gasteiger partial charge in [-0.25, -0.2) is 9.59 Å². The highest BCUT2D eigenvalue weighted by Gasteiger charge is 2.59. The first-order valence-corrected chi connectivity index (χ1v) is 23.2. The number of rotatable bonds is 12. The molecule has 0 unspecified atom stereocenters. The summed E-state index contributed by atoms with van der Waals surface area (Å²) in [6.07, 6.45) is -60.7. The number of carboxylic acids is 2. The smallest absolute Gasteiger partial charge is 0.329 e. The molecule has 0 aromatic rings. The van der Waals surface area contributed by atoms with E-state index in [1.165, 1.54) is 0 Å². The number of aliphatic hydroxyl groups excluding tert-OH is 16. The molecule has 0 amide bonds. The molecule has 0 spiro atoms. The first-order valence-electron chi connectivity index (χ1n) is 23.2. The Morgan fingerprint density at radius 1 is 0.311 bits per heavy atom. The summed E-state index contributed by atoms with van der Waals surface area (Å²) >= 11 is 0. The number of hydrogen-bond acceptors (Lipinski definition) is 32. The number of aliphatic hydroxyl groups is 16. The standard InChI is InChI=1S/C40H64O34/c41-1-9-28-17(50)22(55)35(63-9)69-29-10(2-42)64-37(23(56)18(29)51)71-31-12(4-44)66-39(25(58)20(31)53)73-33-14(6-61-7-15(46)47)68-40(34(27(33)60)62-8-16(48)49)74-32-13(5-45)67-38(26(59)21(32)54)72-30-11(3-43)65-36(70-28)24(57)19(30)52/h9-14,17-45,50-60H,1-8H2,(H,46,47)(H,48,49)/t9-,10-,11-,12-,13-,14-,17-,18-,19-,20-,21-,22-,23-,24-,25-,26-,27+,28-,29-,30-,31-,32-,33-,34-,35-,36-,37-,38-,39-,40-/m1/s1. The highest BCUT2D eigenvalue weighted by atomic mass is 16.8. The van der Waals surface area contributed by atoms with Crippen molar-refractivity contribution in [1.82, 2.24) is 0 Å². The van der Waals surface area contributed by atoms with E-state index in [0.717, 1.165) is 0 Å². The summed E-state index contributed by atoms with van der Waals surface area (Å²) in [5, 5.41) is 196. The number of carboxylic acid groups (broad SMARTS) is 2. The zero-order valence-corrected chi connectivity index (χ0v) is 38.6. The number of carbonyl (C=O) groups is 2. The molecular formula is C40H64O34. The van der Waals surface area contributed by atoms with Gasteiger partial charge < -0.3 is 158 Å². The van der Waals surface area contributed by atoms with Crippen molar-refractivity contribution in [1.29, 1.82) is 0 Å². The predicted octanol–water partition coefficient (Wildman–Crippen LogP) is -12.8. The molecule has 0 saturated carbocycles. The van der Waals surface area contributed by atoms with E-state index < -0.39 is 249 Å². The Balaban J connectivity index is 1.24. The first kappa shape index (κ1) is 59.4. The molecule has 12 bridgehead atoms. The van der Waals surface area contributed by atoms with Crippen LogP contribution in [-0.2, 0) is 75.9 Å². The topological polar surface area (TPSA) is 528 Å². The maximum atomic E-state index is 11.9. The fourth-order valence-electron chi connectivity index (χ4n) is 9.51. The maximum Gasteiger partial charge on any atom is 0.329 e. The molecular weight excluding hydrogens is 1020 g/mol. The zero-order valence-electron chi connectivity index (χ0n) is 38.6. The Bertz CT molecular complexity index is 1780. The Labute approximate surface area is 416 Å². The van der Waals surface area contributed by atoms with Crippen LogP contribution < -0.4 is 0 Å². The predicted molar refractivity (Wildman–Crippen MR) is 219 cm³/mol. The molecule has 30 atom stereocenters. The van der Waals surface area contributed by atoms with E-state index in [2.05, 4.69) is 0 Å². The van der Waals surface area contributed by atoms with Crippen LogP contribution in [0.5, 0.6) is 0 Å². The summed E-state index contributed by atoms with van der Waals surface area (Å²) in [5.74, 6) is -3.13. The second-order valence-electron chi connectivity index (χ2n) is 18.2. The normalized spacial score (nSPS) is 50.5. The van der Waals surface area contributed by atoms with E-state index in [1.807, 2.05) is 0 Å². The molecule has 0 aromatic carbocycles. The minimum atomic E-state index is -2.27. The van der Waals surface area contributed by atoms with E-state index in [4.69, 9.17) is 66.3 Å². The highest BCUT2D eigenvalue weighted by molar-refractivity contribution is 5.68. The molecule has 34 heteroatoms. The van der Waals surface area contributed by atoms with Gasteiger partial charge in [0.15, 0.2) is 37.7 Å². The van der Waals surface area contributed by atoms with Gasteiger partial charge in [-0.3, -0.25) is 0 Å². The van der Waals surface area contributed by atoms with Gasteiger partial charge in [-0.15, -0.1) is 0 Å². The van der Waals surface area contributed by atoms with Crippen LogP contribution in [0.3, 0.4) is 0 Å². The summed E-state index contributed by atoms with van der Waals surface area (Å²) in [6, 6.07) is 0. The molecule has 0 aliphatic carbocycles. The van der Waals surface area contributed by atoms with E-state index in [0.29, 0.717) is 0 Å². The zero-order chi connectivity index (χ0) is 54.0. The second kappa shape index (κ2) is 25.7. The quantitative estimate of drug-likeness (QED) is 0.0863. The number of aliphatic carboxylic acids is 2. The van der Waals surface area contributed by atoms with Crippen LogP contribution in [0.1, 0.15) is 0 Å². The van der Waals surface area contributed by atoms with E-state index in [1.54, 1.807) is 0 Å². The number of ether oxygens (including phenoxy) is 14. The van der Waals surface area contributed by atoms with Crippen molar-refractivity contribution in [3.63, 3.8) is 0 Å². The molecule has 22 aliphatic rings. The van der Waals surface area contributed by atoms with Crippen molar-refractivity contribution in [2.45, 2.75) is 184 Å². The van der Waals surface area contributed by atoms with E-state index in [9.17, 15) is 102 Å². The summed E-state index contributed by atoms with van der Waals surface area (Å²) < 4.78 is 79.5. The summed E-state index contributed by atoms with van der Waals surface area (Å²) in [7, 11) is 0. The Hall–Kier alpha value is -2.26. The minimum Gasteiger partial charge on any atom is -0.480 e. The van der Waals surface area contributed by atoms with Crippen LogP contribution in [0, 0.1) is 0 Å². The third kappa shape index (κ3) is 12.4. The average molecular weight is 1090 g/mol. The molecule has 22 rings (SSSR count). The van der Waals surface area contributed by atoms with Crippen LogP contribution in [0.4, 0.5) is 0 Å².